The van der Waals surface area contributed by atoms with Gasteiger partial charge >= 0.3 is 5.97 Å². The Morgan fingerprint density at radius 1 is 1.22 bits per heavy atom. The van der Waals surface area contributed by atoms with E-state index in [0.29, 0.717) is 18.6 Å². The van der Waals surface area contributed by atoms with Crippen molar-refractivity contribution in [3.05, 3.63) is 11.8 Å². The van der Waals surface area contributed by atoms with Crippen LogP contribution in [0.4, 0.5) is 0 Å². The summed E-state index contributed by atoms with van der Waals surface area (Å²) in [6.07, 6.45) is 7.93. The molecule has 132 valence electrons. The molecule has 0 saturated heterocycles. The first-order valence-corrected chi connectivity index (χ1v) is 12.0. The van der Waals surface area contributed by atoms with E-state index in [1.54, 1.807) is 0 Å². The van der Waals surface area contributed by atoms with Crippen LogP contribution in [-0.2, 0) is 18.7 Å². The number of hydrogen-bond acceptors (Lipinski definition) is 5. The molecule has 2 aliphatic rings. The summed E-state index contributed by atoms with van der Waals surface area (Å²) in [6, 6.07) is 0. The molecule has 23 heavy (non-hydrogen) atoms. The maximum absolute atomic E-state index is 11.9. The molecule has 0 unspecified atom stereocenters. The van der Waals surface area contributed by atoms with Crippen LogP contribution in [0, 0.1) is 0 Å². The molecular weight excluding hydrogens is 312 g/mol. The third kappa shape index (κ3) is 4.58. The Balaban J connectivity index is 2.12. The van der Waals surface area contributed by atoms with Crippen molar-refractivity contribution < 1.29 is 23.8 Å². The second kappa shape index (κ2) is 7.36. The fraction of sp³-hybridized carbons (Fsp3) is 0.824. The highest BCUT2D eigenvalue weighted by molar-refractivity contribution is 6.69. The van der Waals surface area contributed by atoms with Gasteiger partial charge in [0.05, 0.1) is 13.2 Å². The molecule has 3 atom stereocenters. The van der Waals surface area contributed by atoms with Gasteiger partial charge in [0.1, 0.15) is 11.9 Å². The number of carbonyl (C=O) groups excluding carboxylic acids is 1. The first-order chi connectivity index (χ1) is 10.8. The molecule has 0 radical (unpaired) electrons. The van der Waals surface area contributed by atoms with E-state index in [0.717, 1.165) is 25.7 Å². The van der Waals surface area contributed by atoms with Gasteiger partial charge in [0, 0.05) is 0 Å². The lowest BCUT2D eigenvalue weighted by atomic mass is 10.0. The van der Waals surface area contributed by atoms with Gasteiger partial charge in [-0.15, -0.1) is 0 Å². The lowest BCUT2D eigenvalue weighted by Gasteiger charge is -2.34. The van der Waals surface area contributed by atoms with E-state index >= 15 is 0 Å². The third-order valence-corrected chi connectivity index (χ3v) is 5.45. The Morgan fingerprint density at radius 3 is 2.48 bits per heavy atom. The summed E-state index contributed by atoms with van der Waals surface area (Å²) < 4.78 is 17.2. The summed E-state index contributed by atoms with van der Waals surface area (Å²) >= 11 is 0. The summed E-state index contributed by atoms with van der Waals surface area (Å²) in [4.78, 5) is 11.9. The van der Waals surface area contributed by atoms with E-state index < -0.39 is 19.9 Å². The zero-order valence-electron chi connectivity index (χ0n) is 14.8. The highest BCUT2D eigenvalue weighted by Crippen LogP contribution is 2.36. The maximum Gasteiger partial charge on any atom is 0.345 e. The molecule has 5 nitrogen and oxygen atoms in total. The molecule has 0 aromatic heterocycles. The second-order valence-corrected chi connectivity index (χ2v) is 12.0. The molecule has 0 bridgehead atoms. The predicted molar refractivity (Wildman–Crippen MR) is 90.5 cm³/mol. The van der Waals surface area contributed by atoms with Gasteiger partial charge in [-0.25, -0.2) is 4.79 Å². The zero-order valence-corrected chi connectivity index (χ0v) is 15.8. The molecule has 2 aliphatic carbocycles. The minimum Gasteiger partial charge on any atom is -0.489 e. The summed E-state index contributed by atoms with van der Waals surface area (Å²) in [6.45, 7) is 6.53. The highest BCUT2D eigenvalue weighted by Gasteiger charge is 2.47. The van der Waals surface area contributed by atoms with Crippen LogP contribution in [0.25, 0.3) is 0 Å². The topological polar surface area (TPSA) is 65.0 Å². The van der Waals surface area contributed by atoms with Crippen molar-refractivity contribution in [3.63, 3.8) is 0 Å². The van der Waals surface area contributed by atoms with Crippen molar-refractivity contribution >= 4 is 14.3 Å². The SMILES string of the molecule is COC(=O)[C@]1(O)CCC=C1O[C@H]1CCCCC[C@@H]1O[Si](C)(C)C. The Hall–Kier alpha value is -0.853. The van der Waals surface area contributed by atoms with Gasteiger partial charge in [0.25, 0.3) is 0 Å². The van der Waals surface area contributed by atoms with Crippen LogP contribution in [0.3, 0.4) is 0 Å². The number of esters is 1. The molecule has 0 spiro atoms. The first kappa shape index (κ1) is 18.5. The average Bonchev–Trinajstić information content (AvgIpc) is 2.70. The molecule has 2 rings (SSSR count). The fourth-order valence-electron chi connectivity index (χ4n) is 3.35. The van der Waals surface area contributed by atoms with Crippen molar-refractivity contribution in [3.8, 4) is 0 Å². The molecule has 0 heterocycles. The Kier molecular flexibility index (Phi) is 5.92. The number of carbonyl (C=O) groups is 1. The molecule has 0 aromatic rings. The van der Waals surface area contributed by atoms with Gasteiger partial charge in [-0.2, -0.15) is 0 Å². The van der Waals surface area contributed by atoms with Gasteiger partial charge in [-0.05, 0) is 57.8 Å². The standard InChI is InChI=1S/C17H30O5Si/c1-20-16(18)17(19)12-8-11-15(17)21-13-9-6-5-7-10-14(13)22-23(2,3)4/h11,13-14,19H,5-10,12H2,1-4H3/t13-,14-,17-/m0/s1. The van der Waals surface area contributed by atoms with E-state index in [2.05, 4.69) is 19.6 Å². The zero-order chi connectivity index (χ0) is 17.1. The van der Waals surface area contributed by atoms with Crippen LogP contribution in [-0.4, -0.2) is 44.3 Å². The van der Waals surface area contributed by atoms with Crippen LogP contribution >= 0.6 is 0 Å². The van der Waals surface area contributed by atoms with Crippen LogP contribution in [0.15, 0.2) is 11.8 Å². The minimum absolute atomic E-state index is 0.0348. The fourth-order valence-corrected chi connectivity index (χ4v) is 4.53. The maximum atomic E-state index is 11.9. The third-order valence-electron chi connectivity index (χ3n) is 4.44. The average molecular weight is 343 g/mol. The van der Waals surface area contributed by atoms with Crippen LogP contribution < -0.4 is 0 Å². The normalized spacial score (nSPS) is 32.1. The van der Waals surface area contributed by atoms with Crippen molar-refractivity contribution in [1.82, 2.24) is 0 Å². The lowest BCUT2D eigenvalue weighted by molar-refractivity contribution is -0.163. The first-order valence-electron chi connectivity index (χ1n) is 8.62. The molecule has 0 amide bonds. The van der Waals surface area contributed by atoms with E-state index in [4.69, 9.17) is 13.9 Å². The van der Waals surface area contributed by atoms with E-state index in [-0.39, 0.29) is 12.2 Å². The van der Waals surface area contributed by atoms with Crippen molar-refractivity contribution in [2.24, 2.45) is 0 Å². The molecule has 0 aliphatic heterocycles. The Morgan fingerprint density at radius 2 is 1.87 bits per heavy atom. The number of allylic oxidation sites excluding steroid dienone is 1. The van der Waals surface area contributed by atoms with Crippen LogP contribution in [0.1, 0.15) is 44.9 Å². The molecule has 1 N–H and O–H groups in total. The van der Waals surface area contributed by atoms with Crippen LogP contribution in [0.2, 0.25) is 19.6 Å². The summed E-state index contributed by atoms with van der Waals surface area (Å²) in [5, 5.41) is 10.6. The quantitative estimate of drug-likeness (QED) is 0.472. The molecular formula is C17H30O5Si. The molecule has 0 aromatic carbocycles. The highest BCUT2D eigenvalue weighted by atomic mass is 28.4. The number of hydrogen-bond donors (Lipinski definition) is 1. The second-order valence-electron chi connectivity index (χ2n) is 7.52. The van der Waals surface area contributed by atoms with Crippen molar-refractivity contribution in [2.75, 3.05) is 7.11 Å². The Labute approximate surface area is 140 Å². The largest absolute Gasteiger partial charge is 0.489 e. The number of methoxy groups -OCH3 is 1. The van der Waals surface area contributed by atoms with E-state index in [1.165, 1.54) is 13.5 Å². The van der Waals surface area contributed by atoms with E-state index in [9.17, 15) is 9.90 Å². The van der Waals surface area contributed by atoms with Gasteiger partial charge in [0.15, 0.2) is 8.32 Å². The van der Waals surface area contributed by atoms with Gasteiger partial charge in [0.2, 0.25) is 5.60 Å². The number of rotatable bonds is 5. The molecule has 1 fully saturated rings. The van der Waals surface area contributed by atoms with Gasteiger partial charge in [-0.3, -0.25) is 0 Å². The Bertz CT molecular complexity index is 456. The molecule has 6 heteroatoms. The van der Waals surface area contributed by atoms with E-state index in [1.807, 2.05) is 6.08 Å². The van der Waals surface area contributed by atoms with Gasteiger partial charge in [-0.1, -0.05) is 12.8 Å². The predicted octanol–water partition coefficient (Wildman–Crippen LogP) is 3.14. The van der Waals surface area contributed by atoms with Crippen LogP contribution in [0.5, 0.6) is 0 Å². The lowest BCUT2D eigenvalue weighted by Crippen LogP contribution is -2.44. The summed E-state index contributed by atoms with van der Waals surface area (Å²) in [7, 11) is -0.392. The number of aliphatic hydroxyl groups is 1. The summed E-state index contributed by atoms with van der Waals surface area (Å²) in [5.41, 5.74) is -1.63. The number of ether oxygens (including phenoxy) is 2. The smallest absolute Gasteiger partial charge is 0.345 e. The monoisotopic (exact) mass is 342 g/mol. The van der Waals surface area contributed by atoms with Crippen molar-refractivity contribution in [1.29, 1.82) is 0 Å². The van der Waals surface area contributed by atoms with Gasteiger partial charge < -0.3 is 19.0 Å². The summed E-state index contributed by atoms with van der Waals surface area (Å²) in [5.74, 6) is -0.294. The van der Waals surface area contributed by atoms with Crippen molar-refractivity contribution in [2.45, 2.75) is 82.4 Å². The molecule has 1 saturated carbocycles. The minimum atomic E-state index is -1.68.